The van der Waals surface area contributed by atoms with Crippen LogP contribution in [-0.2, 0) is 4.57 Å². The van der Waals surface area contributed by atoms with E-state index < -0.39 is 7.29 Å². The Morgan fingerprint density at radius 3 is 1.80 bits per heavy atom. The van der Waals surface area contributed by atoms with Crippen LogP contribution in [0.15, 0.2) is 84.9 Å². The second-order valence-electron chi connectivity index (χ2n) is 5.87. The Balaban J connectivity index is 2.03. The fraction of sp³-hybridized carbons (Fsp3) is 0.143. The Labute approximate surface area is 149 Å². The number of benzene rings is 3. The maximum Gasteiger partial charge on any atom is 0.205 e. The van der Waals surface area contributed by atoms with Crippen LogP contribution in [0.5, 0.6) is 5.75 Å². The van der Waals surface area contributed by atoms with Crippen molar-refractivity contribution in [3.63, 3.8) is 0 Å². The van der Waals surface area contributed by atoms with E-state index in [1.807, 2.05) is 91.9 Å². The van der Waals surface area contributed by atoms with Gasteiger partial charge in [-0.15, -0.1) is 0 Å². The molecule has 0 saturated heterocycles. The monoisotopic (exact) mass is 351 g/mol. The van der Waals surface area contributed by atoms with E-state index in [4.69, 9.17) is 4.74 Å². The average molecular weight is 351 g/mol. The third-order valence-corrected chi connectivity index (χ3v) is 7.02. The Bertz CT molecular complexity index is 822. The summed E-state index contributed by atoms with van der Waals surface area (Å²) in [5.74, 6) is 0.787. The van der Waals surface area contributed by atoms with Gasteiger partial charge in [-0.1, -0.05) is 54.6 Å². The Kier molecular flexibility index (Phi) is 5.37. The van der Waals surface area contributed by atoms with Crippen LogP contribution in [0.1, 0.15) is 18.5 Å². The van der Waals surface area contributed by atoms with E-state index in [2.05, 4.69) is 5.09 Å². The second-order valence-corrected chi connectivity index (χ2v) is 8.38. The van der Waals surface area contributed by atoms with E-state index in [-0.39, 0.29) is 6.04 Å². The molecule has 128 valence electrons. The van der Waals surface area contributed by atoms with Crippen LogP contribution in [0, 0.1) is 0 Å². The van der Waals surface area contributed by atoms with E-state index in [0.29, 0.717) is 0 Å². The summed E-state index contributed by atoms with van der Waals surface area (Å²) in [6.07, 6.45) is 0. The molecule has 0 bridgehead atoms. The van der Waals surface area contributed by atoms with E-state index >= 15 is 0 Å². The predicted octanol–water partition coefficient (Wildman–Crippen LogP) is 4.27. The van der Waals surface area contributed by atoms with Crippen LogP contribution in [0.4, 0.5) is 0 Å². The SMILES string of the molecule is COc1ccccc1[C@@H](C)NP(=O)(c1ccccc1)c1ccccc1. The van der Waals surface area contributed by atoms with Gasteiger partial charge in [-0.25, -0.2) is 0 Å². The Morgan fingerprint density at radius 2 is 1.28 bits per heavy atom. The first-order valence-corrected chi connectivity index (χ1v) is 9.98. The quantitative estimate of drug-likeness (QED) is 0.674. The zero-order valence-corrected chi connectivity index (χ0v) is 15.3. The van der Waals surface area contributed by atoms with Crippen LogP contribution >= 0.6 is 7.29 Å². The minimum Gasteiger partial charge on any atom is -0.496 e. The van der Waals surface area contributed by atoms with Gasteiger partial charge < -0.3 is 4.74 Å². The van der Waals surface area contributed by atoms with Gasteiger partial charge >= 0.3 is 0 Å². The number of rotatable bonds is 6. The van der Waals surface area contributed by atoms with Gasteiger partial charge in [0.25, 0.3) is 0 Å². The maximum absolute atomic E-state index is 14.0. The standard InChI is InChI=1S/C21H22NO2P/c1-17(20-15-9-10-16-21(20)24-2)22-25(23,18-11-5-3-6-12-18)19-13-7-4-8-14-19/h3-17H,1-2H3,(H,22,23)/t17-/m1/s1. The van der Waals surface area contributed by atoms with E-state index in [1.54, 1.807) is 7.11 Å². The van der Waals surface area contributed by atoms with E-state index in [0.717, 1.165) is 21.9 Å². The summed E-state index contributed by atoms with van der Waals surface area (Å²) >= 11 is 0. The first-order chi connectivity index (χ1) is 12.1. The third kappa shape index (κ3) is 3.68. The van der Waals surface area contributed by atoms with Crippen molar-refractivity contribution in [2.24, 2.45) is 0 Å². The normalized spacial score (nSPS) is 12.6. The molecule has 3 nitrogen and oxygen atoms in total. The molecule has 0 unspecified atom stereocenters. The molecule has 0 aromatic heterocycles. The minimum atomic E-state index is -2.98. The molecule has 0 aliphatic heterocycles. The molecule has 25 heavy (non-hydrogen) atoms. The van der Waals surface area contributed by atoms with E-state index in [1.165, 1.54) is 0 Å². The van der Waals surface area contributed by atoms with Crippen LogP contribution in [0.3, 0.4) is 0 Å². The lowest BCUT2D eigenvalue weighted by Gasteiger charge is -2.26. The van der Waals surface area contributed by atoms with Crippen molar-refractivity contribution in [1.29, 1.82) is 0 Å². The highest BCUT2D eigenvalue weighted by atomic mass is 31.2. The minimum absolute atomic E-state index is 0.137. The summed E-state index contributed by atoms with van der Waals surface area (Å²) in [6, 6.07) is 26.9. The molecular weight excluding hydrogens is 329 g/mol. The van der Waals surface area contributed by atoms with Crippen molar-refractivity contribution in [2.45, 2.75) is 13.0 Å². The smallest absolute Gasteiger partial charge is 0.205 e. The van der Waals surface area contributed by atoms with Gasteiger partial charge in [-0.3, -0.25) is 9.65 Å². The van der Waals surface area contributed by atoms with Crippen LogP contribution < -0.4 is 20.4 Å². The first-order valence-electron chi connectivity index (χ1n) is 8.27. The number of nitrogens with one attached hydrogen (secondary N) is 1. The summed E-state index contributed by atoms with van der Waals surface area (Å²) in [6.45, 7) is 2.01. The molecule has 3 aromatic carbocycles. The molecule has 0 spiro atoms. The topological polar surface area (TPSA) is 38.3 Å². The first kappa shape index (κ1) is 17.5. The largest absolute Gasteiger partial charge is 0.496 e. The lowest BCUT2D eigenvalue weighted by Crippen LogP contribution is -2.29. The molecule has 4 heteroatoms. The molecule has 0 heterocycles. The van der Waals surface area contributed by atoms with Crippen molar-refractivity contribution in [2.75, 3.05) is 7.11 Å². The van der Waals surface area contributed by atoms with Crippen molar-refractivity contribution < 1.29 is 9.30 Å². The van der Waals surface area contributed by atoms with Gasteiger partial charge in [0.05, 0.1) is 7.11 Å². The van der Waals surface area contributed by atoms with Crippen molar-refractivity contribution in [3.05, 3.63) is 90.5 Å². The van der Waals surface area contributed by atoms with E-state index in [9.17, 15) is 4.57 Å². The van der Waals surface area contributed by atoms with Gasteiger partial charge in [-0.05, 0) is 37.3 Å². The lowest BCUT2D eigenvalue weighted by atomic mass is 10.1. The number of methoxy groups -OCH3 is 1. The summed E-state index contributed by atoms with van der Waals surface area (Å²) in [4.78, 5) is 0. The van der Waals surface area contributed by atoms with Crippen LogP contribution in [-0.4, -0.2) is 7.11 Å². The number of hydrogen-bond acceptors (Lipinski definition) is 2. The van der Waals surface area contributed by atoms with Crippen LogP contribution in [0.25, 0.3) is 0 Å². The molecule has 3 rings (SSSR count). The Hall–Kier alpha value is -2.35. The maximum atomic E-state index is 14.0. The highest BCUT2D eigenvalue weighted by molar-refractivity contribution is 7.76. The van der Waals surface area contributed by atoms with Crippen molar-refractivity contribution in [3.8, 4) is 5.75 Å². The molecule has 1 atom stereocenters. The van der Waals surface area contributed by atoms with Gasteiger partial charge in [-0.2, -0.15) is 0 Å². The predicted molar refractivity (Wildman–Crippen MR) is 104 cm³/mol. The molecule has 0 aliphatic rings. The zero-order chi connectivity index (χ0) is 17.7. The van der Waals surface area contributed by atoms with Gasteiger partial charge in [0.15, 0.2) is 0 Å². The molecular formula is C21H22NO2P. The molecule has 3 aromatic rings. The van der Waals surface area contributed by atoms with Crippen molar-refractivity contribution in [1.82, 2.24) is 5.09 Å². The number of hydrogen-bond donors (Lipinski definition) is 1. The fourth-order valence-electron chi connectivity index (χ4n) is 2.94. The molecule has 1 N–H and O–H groups in total. The number of ether oxygens (including phenoxy) is 1. The van der Waals surface area contributed by atoms with Gasteiger partial charge in [0.2, 0.25) is 7.29 Å². The highest BCUT2D eigenvalue weighted by Gasteiger charge is 2.29. The highest BCUT2D eigenvalue weighted by Crippen LogP contribution is 2.42. The summed E-state index contributed by atoms with van der Waals surface area (Å²) < 4.78 is 19.5. The van der Waals surface area contributed by atoms with Crippen LogP contribution in [0.2, 0.25) is 0 Å². The lowest BCUT2D eigenvalue weighted by molar-refractivity contribution is 0.405. The third-order valence-electron chi connectivity index (χ3n) is 4.22. The molecule has 0 saturated carbocycles. The fourth-order valence-corrected chi connectivity index (χ4v) is 5.41. The van der Waals surface area contributed by atoms with Crippen molar-refractivity contribution >= 4 is 17.9 Å². The summed E-state index contributed by atoms with van der Waals surface area (Å²) in [5.41, 5.74) is 0.983. The molecule has 0 radical (unpaired) electrons. The summed E-state index contributed by atoms with van der Waals surface area (Å²) in [7, 11) is -1.33. The molecule has 0 amide bonds. The van der Waals surface area contributed by atoms with Gasteiger partial charge in [0, 0.05) is 22.2 Å². The summed E-state index contributed by atoms with van der Waals surface area (Å²) in [5, 5.41) is 4.98. The van der Waals surface area contributed by atoms with Gasteiger partial charge in [0.1, 0.15) is 5.75 Å². The molecule has 0 aliphatic carbocycles. The Morgan fingerprint density at radius 1 is 0.800 bits per heavy atom. The molecule has 0 fully saturated rings. The average Bonchev–Trinajstić information content (AvgIpc) is 2.69. The zero-order valence-electron chi connectivity index (χ0n) is 14.4. The second kappa shape index (κ2) is 7.69. The number of para-hydroxylation sites is 1.